The van der Waals surface area contributed by atoms with Crippen molar-refractivity contribution in [2.75, 3.05) is 12.9 Å². The second-order valence-electron chi connectivity index (χ2n) is 9.38. The van der Waals surface area contributed by atoms with E-state index in [0.29, 0.717) is 52.9 Å². The summed E-state index contributed by atoms with van der Waals surface area (Å²) in [6.07, 6.45) is 3.06. The first-order valence-electron chi connectivity index (χ1n) is 11.5. The minimum atomic E-state index is -3.47. The zero-order chi connectivity index (χ0) is 25.1. The van der Waals surface area contributed by atoms with Gasteiger partial charge in [-0.2, -0.15) is 5.10 Å². The summed E-state index contributed by atoms with van der Waals surface area (Å²) in [5, 5.41) is 4.61. The van der Waals surface area contributed by atoms with Crippen LogP contribution >= 0.6 is 0 Å². The number of carbonyl (C=O) groups is 1. The number of benzene rings is 1. The summed E-state index contributed by atoms with van der Waals surface area (Å²) in [5.74, 6) is 0.629. The predicted octanol–water partition coefficient (Wildman–Crippen LogP) is 5.78. The first kappa shape index (κ1) is 26.8. The molecule has 0 atom stereocenters. The standard InChI is InChI=1S/C26H38N2O4S/c1-10-11-14-32-26-24(20(8)27-28(26)15-16(2)3)25(29)21-12-13-22(33(9,30)31)23(19(21)7)18(6)17(4)5/h12-13,16H,10-11,14-15H2,1-9H3. The number of ether oxygens (including phenoxy) is 1. The Balaban J connectivity index is 2.75. The van der Waals surface area contributed by atoms with Crippen molar-refractivity contribution >= 4 is 21.2 Å². The Morgan fingerprint density at radius 3 is 2.27 bits per heavy atom. The quantitative estimate of drug-likeness (QED) is 0.322. The van der Waals surface area contributed by atoms with Crippen molar-refractivity contribution in [1.82, 2.24) is 9.78 Å². The van der Waals surface area contributed by atoms with Gasteiger partial charge in [0.2, 0.25) is 11.7 Å². The maximum absolute atomic E-state index is 13.8. The molecule has 0 aliphatic rings. The van der Waals surface area contributed by atoms with Crippen LogP contribution in [-0.2, 0) is 16.4 Å². The number of aromatic nitrogens is 2. The predicted molar refractivity (Wildman–Crippen MR) is 134 cm³/mol. The maximum Gasteiger partial charge on any atom is 0.223 e. The Hall–Kier alpha value is -2.41. The lowest BCUT2D eigenvalue weighted by Crippen LogP contribution is -2.14. The third kappa shape index (κ3) is 5.94. The van der Waals surface area contributed by atoms with Gasteiger partial charge < -0.3 is 4.74 Å². The van der Waals surface area contributed by atoms with Gasteiger partial charge in [-0.3, -0.25) is 4.79 Å². The lowest BCUT2D eigenvalue weighted by molar-refractivity contribution is 0.103. The van der Waals surface area contributed by atoms with Crippen LogP contribution in [0.4, 0.5) is 0 Å². The average Bonchev–Trinajstić information content (AvgIpc) is 3.00. The normalized spacial score (nSPS) is 11.7. The van der Waals surface area contributed by atoms with E-state index < -0.39 is 9.84 Å². The van der Waals surface area contributed by atoms with Crippen molar-refractivity contribution in [3.8, 4) is 5.88 Å². The van der Waals surface area contributed by atoms with Crippen LogP contribution in [0.15, 0.2) is 22.6 Å². The van der Waals surface area contributed by atoms with E-state index in [0.717, 1.165) is 24.0 Å². The van der Waals surface area contributed by atoms with E-state index in [2.05, 4.69) is 25.9 Å². The molecule has 0 aliphatic carbocycles. The molecule has 0 bridgehead atoms. The highest BCUT2D eigenvalue weighted by atomic mass is 32.2. The summed E-state index contributed by atoms with van der Waals surface area (Å²) in [6, 6.07) is 3.16. The second kappa shape index (κ2) is 10.7. The molecule has 0 unspecified atom stereocenters. The summed E-state index contributed by atoms with van der Waals surface area (Å²) in [6.45, 7) is 16.8. The number of rotatable bonds is 10. The fourth-order valence-electron chi connectivity index (χ4n) is 3.84. The van der Waals surface area contributed by atoms with Crippen LogP contribution in [-0.4, -0.2) is 36.8 Å². The highest BCUT2D eigenvalue weighted by Crippen LogP contribution is 2.34. The molecule has 2 aromatic rings. The van der Waals surface area contributed by atoms with Gasteiger partial charge in [0.05, 0.1) is 17.2 Å². The van der Waals surface area contributed by atoms with E-state index in [4.69, 9.17) is 4.74 Å². The Morgan fingerprint density at radius 1 is 1.12 bits per heavy atom. The van der Waals surface area contributed by atoms with Crippen LogP contribution in [0.3, 0.4) is 0 Å². The van der Waals surface area contributed by atoms with Gasteiger partial charge in [-0.1, -0.05) is 32.8 Å². The number of carbonyl (C=O) groups excluding carboxylic acids is 1. The Morgan fingerprint density at radius 2 is 1.76 bits per heavy atom. The van der Waals surface area contributed by atoms with Gasteiger partial charge in [-0.25, -0.2) is 13.1 Å². The van der Waals surface area contributed by atoms with Gasteiger partial charge in [0.15, 0.2) is 9.84 Å². The zero-order valence-corrected chi connectivity index (χ0v) is 22.3. The number of allylic oxidation sites excluding steroid dienone is 2. The highest BCUT2D eigenvalue weighted by Gasteiger charge is 2.28. The van der Waals surface area contributed by atoms with E-state index in [1.165, 1.54) is 6.26 Å². The Bertz CT molecular complexity index is 1170. The van der Waals surface area contributed by atoms with Gasteiger partial charge in [-0.15, -0.1) is 0 Å². The molecule has 2 rings (SSSR count). The smallest absolute Gasteiger partial charge is 0.223 e. The number of aryl methyl sites for hydroxylation is 1. The Kier molecular flexibility index (Phi) is 8.69. The summed E-state index contributed by atoms with van der Waals surface area (Å²) >= 11 is 0. The van der Waals surface area contributed by atoms with Crippen LogP contribution in [0, 0.1) is 19.8 Å². The van der Waals surface area contributed by atoms with Crippen LogP contribution in [0.1, 0.15) is 87.1 Å². The van der Waals surface area contributed by atoms with Gasteiger partial charge >= 0.3 is 0 Å². The molecule has 1 heterocycles. The third-order valence-electron chi connectivity index (χ3n) is 5.78. The SMILES string of the molecule is CCCCOc1c(C(=O)c2ccc(S(C)(=O)=O)c(C(C)=C(C)C)c2C)c(C)nn1CC(C)C. The van der Waals surface area contributed by atoms with Crippen molar-refractivity contribution in [3.63, 3.8) is 0 Å². The molecule has 33 heavy (non-hydrogen) atoms. The third-order valence-corrected chi connectivity index (χ3v) is 6.92. The largest absolute Gasteiger partial charge is 0.477 e. The van der Waals surface area contributed by atoms with Gasteiger partial charge in [0, 0.05) is 18.4 Å². The van der Waals surface area contributed by atoms with Crippen molar-refractivity contribution in [2.45, 2.75) is 79.7 Å². The number of nitrogens with zero attached hydrogens (tertiary/aromatic N) is 2. The van der Waals surface area contributed by atoms with Crippen LogP contribution < -0.4 is 4.74 Å². The molecule has 182 valence electrons. The minimum Gasteiger partial charge on any atom is -0.477 e. The van der Waals surface area contributed by atoms with Gasteiger partial charge in [-0.05, 0) is 75.8 Å². The van der Waals surface area contributed by atoms with Crippen molar-refractivity contribution < 1.29 is 17.9 Å². The molecule has 6 nitrogen and oxygen atoms in total. The molecule has 0 N–H and O–H groups in total. The van der Waals surface area contributed by atoms with E-state index in [9.17, 15) is 13.2 Å². The number of ketones is 1. The van der Waals surface area contributed by atoms with Crippen LogP contribution in [0.5, 0.6) is 5.88 Å². The number of hydrogen-bond acceptors (Lipinski definition) is 5. The molecule has 0 saturated heterocycles. The average molecular weight is 475 g/mol. The van der Waals surface area contributed by atoms with Crippen LogP contribution in [0.25, 0.3) is 5.57 Å². The van der Waals surface area contributed by atoms with Crippen molar-refractivity contribution in [2.24, 2.45) is 5.92 Å². The fourth-order valence-corrected chi connectivity index (χ4v) is 4.84. The summed E-state index contributed by atoms with van der Waals surface area (Å²) in [4.78, 5) is 14.1. The molecule has 0 saturated carbocycles. The van der Waals surface area contributed by atoms with Crippen molar-refractivity contribution in [1.29, 1.82) is 0 Å². The first-order valence-corrected chi connectivity index (χ1v) is 13.4. The van der Waals surface area contributed by atoms with Gasteiger partial charge in [0.1, 0.15) is 5.56 Å². The monoisotopic (exact) mass is 474 g/mol. The summed E-state index contributed by atoms with van der Waals surface area (Å²) < 4.78 is 32.9. The molecule has 0 radical (unpaired) electrons. The number of unbranched alkanes of at least 4 members (excludes halogenated alkanes) is 1. The lowest BCUT2D eigenvalue weighted by Gasteiger charge is -2.17. The summed E-state index contributed by atoms with van der Waals surface area (Å²) in [7, 11) is -3.47. The number of hydrogen-bond donors (Lipinski definition) is 0. The van der Waals surface area contributed by atoms with E-state index >= 15 is 0 Å². The van der Waals surface area contributed by atoms with Crippen LogP contribution in [0.2, 0.25) is 0 Å². The molecule has 0 amide bonds. The molecule has 0 spiro atoms. The molecule has 0 aliphatic heterocycles. The highest BCUT2D eigenvalue weighted by molar-refractivity contribution is 7.90. The molecule has 1 aromatic heterocycles. The topological polar surface area (TPSA) is 78.3 Å². The van der Waals surface area contributed by atoms with E-state index in [-0.39, 0.29) is 10.7 Å². The molecule has 1 aromatic carbocycles. The van der Waals surface area contributed by atoms with E-state index in [1.807, 2.05) is 34.6 Å². The first-order chi connectivity index (χ1) is 15.3. The number of sulfone groups is 1. The van der Waals surface area contributed by atoms with E-state index in [1.54, 1.807) is 16.8 Å². The lowest BCUT2D eigenvalue weighted by atomic mass is 9.91. The maximum atomic E-state index is 13.8. The zero-order valence-electron chi connectivity index (χ0n) is 21.5. The molecular formula is C26H38N2O4S. The minimum absolute atomic E-state index is 0.200. The molecular weight excluding hydrogens is 436 g/mol. The molecule has 0 fully saturated rings. The van der Waals surface area contributed by atoms with Crippen molar-refractivity contribution in [3.05, 3.63) is 45.7 Å². The Labute approximate surface area is 199 Å². The molecule has 7 heteroatoms. The summed E-state index contributed by atoms with van der Waals surface area (Å²) in [5.41, 5.74) is 4.63. The van der Waals surface area contributed by atoms with Gasteiger partial charge in [0.25, 0.3) is 0 Å². The fraction of sp³-hybridized carbons (Fsp3) is 0.538. The second-order valence-corrected chi connectivity index (χ2v) is 11.4.